The lowest BCUT2D eigenvalue weighted by Gasteiger charge is -2.25. The predicted molar refractivity (Wildman–Crippen MR) is 85.1 cm³/mol. The number of pyridine rings is 1. The molecule has 3 rings (SSSR count). The summed E-state index contributed by atoms with van der Waals surface area (Å²) >= 11 is 0. The molecule has 0 radical (unpaired) electrons. The average molecular weight is 312 g/mol. The van der Waals surface area contributed by atoms with Crippen LogP contribution in [0.4, 0.5) is 0 Å². The van der Waals surface area contributed by atoms with Gasteiger partial charge in [-0.05, 0) is 66.1 Å². The van der Waals surface area contributed by atoms with Gasteiger partial charge in [0.15, 0.2) is 0 Å². The lowest BCUT2D eigenvalue weighted by molar-refractivity contribution is 0.0706. The fourth-order valence-corrected chi connectivity index (χ4v) is 3.00. The van der Waals surface area contributed by atoms with E-state index >= 15 is 0 Å². The Morgan fingerprint density at radius 1 is 1.26 bits per heavy atom. The second kappa shape index (κ2) is 7.35. The molecule has 1 amide bonds. The standard InChI is InChI=1S/C18H20N2O3/c21-18(20-22)16-4-3-15-2-1-14(9-17(15)10-16)12-23-11-13-5-7-19-8-6-13/h3-8,10,14,22H,1-2,9,11-12H2,(H,20,21). The molecule has 1 aromatic carbocycles. The van der Waals surface area contributed by atoms with Crippen molar-refractivity contribution < 1.29 is 14.7 Å². The van der Waals surface area contributed by atoms with Crippen molar-refractivity contribution in [3.8, 4) is 0 Å². The normalized spacial score (nSPS) is 16.7. The number of amides is 1. The minimum atomic E-state index is -0.469. The maximum absolute atomic E-state index is 11.5. The molecule has 1 atom stereocenters. The molecule has 0 fully saturated rings. The third-order valence-electron chi connectivity index (χ3n) is 4.27. The van der Waals surface area contributed by atoms with Gasteiger partial charge in [0, 0.05) is 18.0 Å². The highest BCUT2D eigenvalue weighted by Gasteiger charge is 2.20. The molecule has 2 N–H and O–H groups in total. The Balaban J connectivity index is 1.57. The van der Waals surface area contributed by atoms with E-state index < -0.39 is 5.91 Å². The van der Waals surface area contributed by atoms with Gasteiger partial charge in [-0.15, -0.1) is 0 Å². The van der Waals surface area contributed by atoms with Crippen LogP contribution in [0.3, 0.4) is 0 Å². The molecule has 5 nitrogen and oxygen atoms in total. The van der Waals surface area contributed by atoms with E-state index in [0.29, 0.717) is 24.7 Å². The molecule has 120 valence electrons. The summed E-state index contributed by atoms with van der Waals surface area (Å²) in [5.41, 5.74) is 5.75. The summed E-state index contributed by atoms with van der Waals surface area (Å²) < 4.78 is 5.83. The zero-order valence-corrected chi connectivity index (χ0v) is 12.9. The molecule has 2 aromatic rings. The molecule has 1 aromatic heterocycles. The van der Waals surface area contributed by atoms with Crippen LogP contribution in [-0.4, -0.2) is 22.7 Å². The van der Waals surface area contributed by atoms with Gasteiger partial charge in [0.05, 0.1) is 13.2 Å². The Morgan fingerprint density at radius 3 is 2.87 bits per heavy atom. The number of carbonyl (C=O) groups is 1. The minimum Gasteiger partial charge on any atom is -0.376 e. The van der Waals surface area contributed by atoms with E-state index in [1.807, 2.05) is 24.3 Å². The van der Waals surface area contributed by atoms with E-state index in [1.54, 1.807) is 23.9 Å². The molecule has 0 aliphatic heterocycles. The number of hydrogen-bond acceptors (Lipinski definition) is 4. The van der Waals surface area contributed by atoms with Gasteiger partial charge >= 0.3 is 0 Å². The van der Waals surface area contributed by atoms with Crippen molar-refractivity contribution >= 4 is 5.91 Å². The number of fused-ring (bicyclic) bond motifs is 1. The third-order valence-corrected chi connectivity index (χ3v) is 4.27. The molecule has 1 aliphatic carbocycles. The first kappa shape index (κ1) is 15.6. The zero-order chi connectivity index (χ0) is 16.1. The Kier molecular flexibility index (Phi) is 5.00. The number of hydroxylamine groups is 1. The summed E-state index contributed by atoms with van der Waals surface area (Å²) in [6.45, 7) is 1.30. The molecular formula is C18H20N2O3. The maximum atomic E-state index is 11.5. The van der Waals surface area contributed by atoms with Crippen LogP contribution in [0.15, 0.2) is 42.7 Å². The largest absolute Gasteiger partial charge is 0.376 e. The monoisotopic (exact) mass is 312 g/mol. The minimum absolute atomic E-state index is 0.455. The number of rotatable bonds is 5. The van der Waals surface area contributed by atoms with Gasteiger partial charge in [-0.25, -0.2) is 5.48 Å². The zero-order valence-electron chi connectivity index (χ0n) is 12.9. The Hall–Kier alpha value is -2.24. The van der Waals surface area contributed by atoms with Crippen molar-refractivity contribution in [2.75, 3.05) is 6.61 Å². The van der Waals surface area contributed by atoms with Gasteiger partial charge in [-0.1, -0.05) is 6.07 Å². The van der Waals surface area contributed by atoms with Crippen molar-refractivity contribution in [3.63, 3.8) is 0 Å². The van der Waals surface area contributed by atoms with Crippen LogP contribution in [0.5, 0.6) is 0 Å². The molecule has 5 heteroatoms. The highest BCUT2D eigenvalue weighted by molar-refractivity contribution is 5.93. The molecule has 0 saturated carbocycles. The number of benzene rings is 1. The van der Waals surface area contributed by atoms with Crippen molar-refractivity contribution in [2.24, 2.45) is 5.92 Å². The summed E-state index contributed by atoms with van der Waals surface area (Å²) in [6.07, 6.45) is 6.53. The predicted octanol–water partition coefficient (Wildman–Crippen LogP) is 2.52. The molecule has 0 bridgehead atoms. The summed E-state index contributed by atoms with van der Waals surface area (Å²) in [7, 11) is 0. The van der Waals surface area contributed by atoms with E-state index in [2.05, 4.69) is 4.98 Å². The maximum Gasteiger partial charge on any atom is 0.274 e. The van der Waals surface area contributed by atoms with Crippen LogP contribution >= 0.6 is 0 Å². The van der Waals surface area contributed by atoms with Crippen molar-refractivity contribution in [1.29, 1.82) is 0 Å². The van der Waals surface area contributed by atoms with E-state index in [0.717, 1.165) is 24.8 Å². The summed E-state index contributed by atoms with van der Waals surface area (Å²) in [6, 6.07) is 9.51. The Labute approximate surface area is 135 Å². The first-order valence-corrected chi connectivity index (χ1v) is 7.79. The fourth-order valence-electron chi connectivity index (χ4n) is 3.00. The average Bonchev–Trinajstić information content (AvgIpc) is 2.61. The Bertz CT molecular complexity index is 673. The molecule has 1 heterocycles. The smallest absolute Gasteiger partial charge is 0.274 e. The number of aromatic nitrogens is 1. The van der Waals surface area contributed by atoms with Crippen LogP contribution in [0.25, 0.3) is 0 Å². The summed E-state index contributed by atoms with van der Waals surface area (Å²) in [5.74, 6) is -0.0133. The molecule has 1 unspecified atom stereocenters. The van der Waals surface area contributed by atoms with E-state index in [-0.39, 0.29) is 0 Å². The second-order valence-electron chi connectivity index (χ2n) is 5.90. The van der Waals surface area contributed by atoms with Crippen LogP contribution in [0, 0.1) is 5.92 Å². The van der Waals surface area contributed by atoms with E-state index in [9.17, 15) is 4.79 Å². The molecule has 1 aliphatic rings. The number of nitrogens with zero attached hydrogens (tertiary/aromatic N) is 1. The van der Waals surface area contributed by atoms with E-state index in [4.69, 9.17) is 9.94 Å². The number of ether oxygens (including phenoxy) is 1. The summed E-state index contributed by atoms with van der Waals surface area (Å²) in [4.78, 5) is 15.5. The number of hydrogen-bond donors (Lipinski definition) is 2. The molecule has 23 heavy (non-hydrogen) atoms. The van der Waals surface area contributed by atoms with Gasteiger partial charge in [-0.2, -0.15) is 0 Å². The fraction of sp³-hybridized carbons (Fsp3) is 0.333. The Morgan fingerprint density at radius 2 is 2.09 bits per heavy atom. The SMILES string of the molecule is O=C(NO)c1ccc2c(c1)CC(COCc1ccncc1)CC2. The van der Waals surface area contributed by atoms with Crippen molar-refractivity contribution in [3.05, 3.63) is 65.0 Å². The van der Waals surface area contributed by atoms with Crippen molar-refractivity contribution in [2.45, 2.75) is 25.9 Å². The number of carbonyl (C=O) groups excluding carboxylic acids is 1. The topological polar surface area (TPSA) is 71.5 Å². The second-order valence-corrected chi connectivity index (χ2v) is 5.90. The van der Waals surface area contributed by atoms with E-state index in [1.165, 1.54) is 11.1 Å². The van der Waals surface area contributed by atoms with Crippen LogP contribution in [0.1, 0.15) is 33.5 Å². The van der Waals surface area contributed by atoms with Crippen LogP contribution in [-0.2, 0) is 24.2 Å². The van der Waals surface area contributed by atoms with Crippen molar-refractivity contribution in [1.82, 2.24) is 10.5 Å². The molecule has 0 spiro atoms. The highest BCUT2D eigenvalue weighted by atomic mass is 16.5. The first-order chi connectivity index (χ1) is 11.3. The van der Waals surface area contributed by atoms with Gasteiger partial charge < -0.3 is 4.74 Å². The number of nitrogens with one attached hydrogen (secondary N) is 1. The first-order valence-electron chi connectivity index (χ1n) is 7.79. The van der Waals surface area contributed by atoms with Gasteiger partial charge in [0.1, 0.15) is 0 Å². The number of aryl methyl sites for hydroxylation is 1. The third kappa shape index (κ3) is 3.94. The van der Waals surface area contributed by atoms with Crippen LogP contribution in [0.2, 0.25) is 0 Å². The van der Waals surface area contributed by atoms with Crippen LogP contribution < -0.4 is 5.48 Å². The lowest BCUT2D eigenvalue weighted by atomic mass is 9.83. The molecular weight excluding hydrogens is 292 g/mol. The van der Waals surface area contributed by atoms with Gasteiger partial charge in [0.2, 0.25) is 0 Å². The van der Waals surface area contributed by atoms with Gasteiger partial charge in [0.25, 0.3) is 5.91 Å². The quantitative estimate of drug-likeness (QED) is 0.657. The highest BCUT2D eigenvalue weighted by Crippen LogP contribution is 2.27. The summed E-state index contributed by atoms with van der Waals surface area (Å²) in [5, 5.41) is 8.74. The molecule has 0 saturated heterocycles. The van der Waals surface area contributed by atoms with Gasteiger partial charge in [-0.3, -0.25) is 15.0 Å². The lowest BCUT2D eigenvalue weighted by Crippen LogP contribution is -2.22.